The van der Waals surface area contributed by atoms with Crippen molar-refractivity contribution in [3.63, 3.8) is 0 Å². The van der Waals surface area contributed by atoms with E-state index < -0.39 is 29.9 Å². The molecule has 2 amide bonds. The molecule has 1 rings (SSSR count). The lowest BCUT2D eigenvalue weighted by Gasteiger charge is -2.18. The lowest BCUT2D eigenvalue weighted by atomic mass is 10.1. The molecule has 0 saturated carbocycles. The van der Waals surface area contributed by atoms with Gasteiger partial charge in [0.05, 0.1) is 19.6 Å². The fourth-order valence-corrected chi connectivity index (χ4v) is 1.77. The van der Waals surface area contributed by atoms with Crippen LogP contribution in [0.4, 0.5) is 0 Å². The zero-order valence-electron chi connectivity index (χ0n) is 12.2. The molecule has 0 spiro atoms. The third kappa shape index (κ3) is 6.68. The Labute approximate surface area is 139 Å². The predicted octanol–water partition coefficient (Wildman–Crippen LogP) is -0.332. The summed E-state index contributed by atoms with van der Waals surface area (Å²) in [5.74, 6) is -1.89. The molecule has 122 valence electrons. The first kappa shape index (κ1) is 20.1. The number of halogens is 1. The minimum absolute atomic E-state index is 0. The van der Waals surface area contributed by atoms with Crippen LogP contribution in [0, 0.1) is 0 Å². The van der Waals surface area contributed by atoms with Gasteiger partial charge in [-0.1, -0.05) is 30.3 Å². The van der Waals surface area contributed by atoms with Gasteiger partial charge < -0.3 is 21.5 Å². The zero-order valence-corrected chi connectivity index (χ0v) is 13.9. The van der Waals surface area contributed by atoms with Crippen molar-refractivity contribution in [2.75, 3.05) is 7.11 Å². The second-order valence-corrected chi connectivity index (χ2v) is 4.55. The average molecular weight is 374 g/mol. The quantitative estimate of drug-likeness (QED) is 0.564. The number of nitrogens with one attached hydrogen (secondary N) is 1. The summed E-state index contributed by atoms with van der Waals surface area (Å²) in [7, 11) is 1.23. The Bertz CT molecular complexity index is 510. The van der Waals surface area contributed by atoms with Crippen LogP contribution in [0.3, 0.4) is 0 Å². The molecule has 5 N–H and O–H groups in total. The fourth-order valence-electron chi connectivity index (χ4n) is 1.77. The third-order valence-corrected chi connectivity index (χ3v) is 2.84. The number of rotatable bonds is 7. The molecule has 7 nitrogen and oxygen atoms in total. The number of esters is 1. The molecule has 0 aromatic heterocycles. The monoisotopic (exact) mass is 373 g/mol. The van der Waals surface area contributed by atoms with Crippen molar-refractivity contribution in [1.82, 2.24) is 5.32 Å². The lowest BCUT2D eigenvalue weighted by Crippen LogP contribution is -2.50. The Balaban J connectivity index is 0.00000441. The SMILES string of the molecule is Br.COC(=O)C(Cc1ccccc1)NC(=O)C(N)CC(N)=O. The van der Waals surface area contributed by atoms with Crippen molar-refractivity contribution in [2.45, 2.75) is 24.9 Å². The van der Waals surface area contributed by atoms with Gasteiger partial charge in [-0.2, -0.15) is 0 Å². The van der Waals surface area contributed by atoms with Crippen molar-refractivity contribution in [2.24, 2.45) is 11.5 Å². The summed E-state index contributed by atoms with van der Waals surface area (Å²) in [4.78, 5) is 34.3. The lowest BCUT2D eigenvalue weighted by molar-refractivity contribution is -0.145. The van der Waals surface area contributed by atoms with Crippen molar-refractivity contribution in [3.05, 3.63) is 35.9 Å². The summed E-state index contributed by atoms with van der Waals surface area (Å²) >= 11 is 0. The minimum Gasteiger partial charge on any atom is -0.467 e. The van der Waals surface area contributed by atoms with Crippen LogP contribution in [0.15, 0.2) is 30.3 Å². The Morgan fingerprint density at radius 1 is 1.23 bits per heavy atom. The van der Waals surface area contributed by atoms with Crippen LogP contribution in [0.5, 0.6) is 0 Å². The maximum atomic E-state index is 11.8. The van der Waals surface area contributed by atoms with E-state index in [4.69, 9.17) is 11.5 Å². The van der Waals surface area contributed by atoms with E-state index in [0.29, 0.717) is 0 Å². The molecule has 22 heavy (non-hydrogen) atoms. The summed E-state index contributed by atoms with van der Waals surface area (Å²) in [6.07, 6.45) is -0.0202. The van der Waals surface area contributed by atoms with Gasteiger partial charge in [0.1, 0.15) is 6.04 Å². The molecule has 1 aromatic carbocycles. The van der Waals surface area contributed by atoms with Gasteiger partial charge in [-0.25, -0.2) is 4.79 Å². The Morgan fingerprint density at radius 2 is 1.82 bits per heavy atom. The van der Waals surface area contributed by atoms with Crippen LogP contribution in [-0.4, -0.2) is 37.0 Å². The molecule has 0 aliphatic heterocycles. The first-order valence-electron chi connectivity index (χ1n) is 6.40. The molecule has 0 aliphatic rings. The molecular formula is C14H20BrN3O4. The van der Waals surface area contributed by atoms with Crippen molar-refractivity contribution in [3.8, 4) is 0 Å². The largest absolute Gasteiger partial charge is 0.467 e. The highest BCUT2D eigenvalue weighted by atomic mass is 79.9. The van der Waals surface area contributed by atoms with E-state index in [0.717, 1.165) is 5.56 Å². The van der Waals surface area contributed by atoms with Gasteiger partial charge in [0.25, 0.3) is 0 Å². The van der Waals surface area contributed by atoms with E-state index in [1.165, 1.54) is 7.11 Å². The number of carbonyl (C=O) groups is 3. The second kappa shape index (κ2) is 9.91. The molecule has 0 saturated heterocycles. The molecule has 2 atom stereocenters. The number of ether oxygens (including phenoxy) is 1. The number of hydrogen-bond donors (Lipinski definition) is 3. The van der Waals surface area contributed by atoms with E-state index in [9.17, 15) is 14.4 Å². The molecule has 0 fully saturated rings. The third-order valence-electron chi connectivity index (χ3n) is 2.84. The van der Waals surface area contributed by atoms with Crippen LogP contribution in [-0.2, 0) is 25.5 Å². The smallest absolute Gasteiger partial charge is 0.328 e. The molecule has 2 unspecified atom stereocenters. The maximum absolute atomic E-state index is 11.8. The highest BCUT2D eigenvalue weighted by molar-refractivity contribution is 8.93. The molecule has 1 aromatic rings. The Kier molecular flexibility index (Phi) is 9.04. The maximum Gasteiger partial charge on any atom is 0.328 e. The van der Waals surface area contributed by atoms with E-state index in [1.807, 2.05) is 30.3 Å². The number of amides is 2. The van der Waals surface area contributed by atoms with Crippen LogP contribution in [0.25, 0.3) is 0 Å². The molecule has 0 radical (unpaired) electrons. The molecule has 0 aliphatic carbocycles. The molecular weight excluding hydrogens is 354 g/mol. The van der Waals surface area contributed by atoms with Gasteiger partial charge in [0.15, 0.2) is 0 Å². The van der Waals surface area contributed by atoms with Crippen LogP contribution in [0.2, 0.25) is 0 Å². The molecule has 0 bridgehead atoms. The minimum atomic E-state index is -1.09. The molecule has 8 heteroatoms. The molecule has 0 heterocycles. The first-order valence-corrected chi connectivity index (χ1v) is 6.40. The number of methoxy groups -OCH3 is 1. The van der Waals surface area contributed by atoms with Crippen LogP contribution < -0.4 is 16.8 Å². The summed E-state index contributed by atoms with van der Waals surface area (Å²) in [6, 6.07) is 7.18. The normalized spacial score (nSPS) is 12.5. The van der Waals surface area contributed by atoms with E-state index in [2.05, 4.69) is 10.1 Å². The number of hydrogen-bond acceptors (Lipinski definition) is 5. The Hall–Kier alpha value is -1.93. The van der Waals surface area contributed by atoms with Crippen molar-refractivity contribution >= 4 is 34.8 Å². The van der Waals surface area contributed by atoms with E-state index in [1.54, 1.807) is 0 Å². The topological polar surface area (TPSA) is 125 Å². The predicted molar refractivity (Wildman–Crippen MR) is 86.2 cm³/mol. The van der Waals surface area contributed by atoms with Gasteiger partial charge in [-0.3, -0.25) is 9.59 Å². The second-order valence-electron chi connectivity index (χ2n) is 4.55. The van der Waals surface area contributed by atoms with Gasteiger partial charge in [-0.15, -0.1) is 17.0 Å². The average Bonchev–Trinajstić information content (AvgIpc) is 2.46. The van der Waals surface area contributed by atoms with Gasteiger partial charge in [0, 0.05) is 6.42 Å². The number of benzene rings is 1. The van der Waals surface area contributed by atoms with Crippen LogP contribution >= 0.6 is 17.0 Å². The number of primary amides is 1. The summed E-state index contributed by atoms with van der Waals surface area (Å²) in [5.41, 5.74) is 11.4. The van der Waals surface area contributed by atoms with Gasteiger partial charge in [-0.05, 0) is 5.56 Å². The van der Waals surface area contributed by atoms with Crippen LogP contribution in [0.1, 0.15) is 12.0 Å². The zero-order chi connectivity index (χ0) is 15.8. The highest BCUT2D eigenvalue weighted by Crippen LogP contribution is 2.05. The Morgan fingerprint density at radius 3 is 2.32 bits per heavy atom. The number of nitrogens with two attached hydrogens (primary N) is 2. The van der Waals surface area contributed by atoms with Crippen molar-refractivity contribution in [1.29, 1.82) is 0 Å². The summed E-state index contributed by atoms with van der Waals surface area (Å²) < 4.78 is 4.66. The standard InChI is InChI=1S/C14H19N3O4.BrH/c1-21-14(20)11(7-9-5-3-2-4-6-9)17-13(19)10(15)8-12(16)18;/h2-6,10-11H,7-8,15H2,1H3,(H2,16,18)(H,17,19);1H. The summed E-state index contributed by atoms with van der Waals surface area (Å²) in [5, 5.41) is 2.48. The first-order chi connectivity index (χ1) is 9.93. The number of carbonyl (C=O) groups excluding carboxylic acids is 3. The summed E-state index contributed by atoms with van der Waals surface area (Å²) in [6.45, 7) is 0. The van der Waals surface area contributed by atoms with Crippen molar-refractivity contribution < 1.29 is 19.1 Å². The van der Waals surface area contributed by atoms with Gasteiger partial charge in [0.2, 0.25) is 11.8 Å². The van der Waals surface area contributed by atoms with E-state index in [-0.39, 0.29) is 29.8 Å². The fraction of sp³-hybridized carbons (Fsp3) is 0.357. The highest BCUT2D eigenvalue weighted by Gasteiger charge is 2.25. The van der Waals surface area contributed by atoms with Gasteiger partial charge >= 0.3 is 5.97 Å². The van der Waals surface area contributed by atoms with E-state index >= 15 is 0 Å².